The third kappa shape index (κ3) is 8.42. The van der Waals surface area contributed by atoms with E-state index < -0.39 is 28.5 Å². The van der Waals surface area contributed by atoms with Crippen LogP contribution in [0.4, 0.5) is 5.69 Å². The number of ether oxygens (including phenoxy) is 2. The van der Waals surface area contributed by atoms with Gasteiger partial charge in [-0.25, -0.2) is 8.42 Å². The van der Waals surface area contributed by atoms with Gasteiger partial charge in [-0.15, -0.1) is 0 Å². The van der Waals surface area contributed by atoms with Crippen LogP contribution in [0.25, 0.3) is 0 Å². The summed E-state index contributed by atoms with van der Waals surface area (Å²) in [6, 6.07) is 20.3. The highest BCUT2D eigenvalue weighted by atomic mass is 35.5. The highest BCUT2D eigenvalue weighted by Crippen LogP contribution is 2.34. The van der Waals surface area contributed by atoms with Crippen molar-refractivity contribution in [2.24, 2.45) is 0 Å². The van der Waals surface area contributed by atoms with Crippen LogP contribution < -0.4 is 19.1 Å². The molecule has 4 rings (SSSR count). The molecule has 0 aliphatic heterocycles. The second-order valence-electron chi connectivity index (χ2n) is 10.6. The molecule has 1 aliphatic carbocycles. The summed E-state index contributed by atoms with van der Waals surface area (Å²) < 4.78 is 38.0. The predicted octanol–water partition coefficient (Wildman–Crippen LogP) is 4.82. The average molecular weight is 628 g/mol. The van der Waals surface area contributed by atoms with Gasteiger partial charge in [0.2, 0.25) is 21.8 Å². The van der Waals surface area contributed by atoms with E-state index in [0.717, 1.165) is 41.8 Å². The molecule has 11 heteroatoms. The van der Waals surface area contributed by atoms with E-state index in [1.54, 1.807) is 36.4 Å². The zero-order valence-electron chi connectivity index (χ0n) is 24.7. The van der Waals surface area contributed by atoms with Gasteiger partial charge < -0.3 is 19.7 Å². The number of rotatable bonds is 13. The first-order valence-corrected chi connectivity index (χ1v) is 16.4. The Labute approximate surface area is 258 Å². The maximum Gasteiger partial charge on any atom is 0.244 e. The van der Waals surface area contributed by atoms with Crippen LogP contribution in [0.15, 0.2) is 72.8 Å². The van der Waals surface area contributed by atoms with Gasteiger partial charge in [0.25, 0.3) is 0 Å². The molecule has 0 heterocycles. The predicted molar refractivity (Wildman–Crippen MR) is 168 cm³/mol. The van der Waals surface area contributed by atoms with E-state index in [-0.39, 0.29) is 36.4 Å². The van der Waals surface area contributed by atoms with Crippen LogP contribution in [0.5, 0.6) is 11.5 Å². The summed E-state index contributed by atoms with van der Waals surface area (Å²) in [5.41, 5.74) is 1.67. The monoisotopic (exact) mass is 627 g/mol. The lowest BCUT2D eigenvalue weighted by atomic mass is 10.0. The van der Waals surface area contributed by atoms with Gasteiger partial charge in [-0.2, -0.15) is 0 Å². The summed E-state index contributed by atoms with van der Waals surface area (Å²) in [7, 11) is -1.07. The number of hydrogen-bond acceptors (Lipinski definition) is 6. The van der Waals surface area contributed by atoms with Crippen molar-refractivity contribution in [3.63, 3.8) is 0 Å². The van der Waals surface area contributed by atoms with Gasteiger partial charge >= 0.3 is 0 Å². The molecule has 230 valence electrons. The zero-order valence-corrected chi connectivity index (χ0v) is 26.2. The van der Waals surface area contributed by atoms with Crippen molar-refractivity contribution in [3.8, 4) is 11.5 Å². The van der Waals surface area contributed by atoms with E-state index in [4.69, 9.17) is 21.1 Å². The second-order valence-corrected chi connectivity index (χ2v) is 12.9. The van der Waals surface area contributed by atoms with Gasteiger partial charge in [0.1, 0.15) is 24.1 Å². The van der Waals surface area contributed by atoms with Crippen LogP contribution in [0.3, 0.4) is 0 Å². The Hall–Kier alpha value is -3.76. The molecule has 0 radical (unpaired) electrons. The molecule has 1 saturated carbocycles. The Kier molecular flexibility index (Phi) is 10.9. The summed E-state index contributed by atoms with van der Waals surface area (Å²) in [4.78, 5) is 29.7. The number of methoxy groups -OCH3 is 2. The minimum absolute atomic E-state index is 0.00540. The number of sulfonamides is 1. The Bertz CT molecular complexity index is 1510. The Morgan fingerprint density at radius 1 is 0.977 bits per heavy atom. The van der Waals surface area contributed by atoms with Crippen LogP contribution in [0, 0.1) is 0 Å². The van der Waals surface area contributed by atoms with E-state index in [1.807, 2.05) is 30.3 Å². The number of carbonyl (C=O) groups excluding carboxylic acids is 2. The van der Waals surface area contributed by atoms with Crippen molar-refractivity contribution >= 4 is 39.1 Å². The van der Waals surface area contributed by atoms with E-state index in [0.29, 0.717) is 16.3 Å². The first kappa shape index (κ1) is 32.2. The van der Waals surface area contributed by atoms with Gasteiger partial charge in [-0.3, -0.25) is 13.9 Å². The number of hydrogen-bond donors (Lipinski definition) is 1. The molecule has 0 aromatic heterocycles. The number of amides is 2. The van der Waals surface area contributed by atoms with Crippen LogP contribution in [0.1, 0.15) is 36.8 Å². The van der Waals surface area contributed by atoms with Crippen molar-refractivity contribution in [2.45, 2.75) is 50.7 Å². The third-order valence-corrected chi connectivity index (χ3v) is 9.10. The molecule has 3 aromatic carbocycles. The molecule has 9 nitrogen and oxygen atoms in total. The van der Waals surface area contributed by atoms with Crippen LogP contribution in [-0.2, 0) is 32.6 Å². The number of nitrogens with one attached hydrogen (secondary N) is 1. The standard InChI is InChI=1S/C32H38ClN3O6S/c1-41-26-17-18-28(30(20-26)42-2)36(43(3,39)40)22-31(37)35(21-24-13-7-10-16-27(24)33)29(19-23-11-5-4-6-12-23)32(38)34-25-14-8-9-15-25/h4-7,10-13,16-18,20,25,29H,8-9,14-15,19,21-22H2,1-3H3,(H,34,38)/t29-/m0/s1. The minimum atomic E-state index is -3.96. The fourth-order valence-electron chi connectivity index (χ4n) is 5.32. The smallest absolute Gasteiger partial charge is 0.244 e. The molecular weight excluding hydrogens is 590 g/mol. The van der Waals surface area contributed by atoms with Crippen LogP contribution >= 0.6 is 11.6 Å². The van der Waals surface area contributed by atoms with E-state index >= 15 is 0 Å². The lowest BCUT2D eigenvalue weighted by Gasteiger charge is -2.34. The number of carbonyl (C=O) groups is 2. The fraction of sp³-hybridized carbons (Fsp3) is 0.375. The van der Waals surface area contributed by atoms with Crippen molar-refractivity contribution in [2.75, 3.05) is 31.3 Å². The molecule has 0 saturated heterocycles. The Morgan fingerprint density at radius 2 is 1.65 bits per heavy atom. The lowest BCUT2D eigenvalue weighted by Crippen LogP contribution is -2.54. The first-order valence-electron chi connectivity index (χ1n) is 14.2. The van der Waals surface area contributed by atoms with Crippen molar-refractivity contribution < 1.29 is 27.5 Å². The molecule has 1 aliphatic rings. The van der Waals surface area contributed by atoms with E-state index in [2.05, 4.69) is 5.32 Å². The fourth-order valence-corrected chi connectivity index (χ4v) is 6.37. The Balaban J connectivity index is 1.76. The molecule has 43 heavy (non-hydrogen) atoms. The number of benzene rings is 3. The molecular formula is C32H38ClN3O6S. The van der Waals surface area contributed by atoms with Crippen molar-refractivity contribution in [3.05, 3.63) is 88.9 Å². The van der Waals surface area contributed by atoms with Gasteiger partial charge in [0.05, 0.1) is 26.2 Å². The highest BCUT2D eigenvalue weighted by Gasteiger charge is 2.35. The highest BCUT2D eigenvalue weighted by molar-refractivity contribution is 7.92. The molecule has 2 amide bonds. The number of halogens is 1. The van der Waals surface area contributed by atoms with Gasteiger partial charge in [0, 0.05) is 30.1 Å². The van der Waals surface area contributed by atoms with E-state index in [1.165, 1.54) is 25.2 Å². The van der Waals surface area contributed by atoms with Gasteiger partial charge in [-0.05, 0) is 42.2 Å². The summed E-state index contributed by atoms with van der Waals surface area (Å²) >= 11 is 6.52. The topological polar surface area (TPSA) is 105 Å². The minimum Gasteiger partial charge on any atom is -0.497 e. The normalized spacial score (nSPS) is 14.1. The quantitative estimate of drug-likeness (QED) is 0.291. The van der Waals surface area contributed by atoms with Crippen molar-refractivity contribution in [1.82, 2.24) is 10.2 Å². The molecule has 0 bridgehead atoms. The summed E-state index contributed by atoms with van der Waals surface area (Å²) in [6.07, 6.45) is 5.08. The van der Waals surface area contributed by atoms with E-state index in [9.17, 15) is 18.0 Å². The molecule has 1 atom stereocenters. The summed E-state index contributed by atoms with van der Waals surface area (Å²) in [5, 5.41) is 3.59. The molecule has 1 N–H and O–H groups in total. The average Bonchev–Trinajstić information content (AvgIpc) is 3.51. The summed E-state index contributed by atoms with van der Waals surface area (Å²) in [5.74, 6) is -0.169. The maximum atomic E-state index is 14.3. The zero-order chi connectivity index (χ0) is 31.0. The third-order valence-electron chi connectivity index (χ3n) is 7.61. The molecule has 3 aromatic rings. The number of nitrogens with zero attached hydrogens (tertiary/aromatic N) is 2. The summed E-state index contributed by atoms with van der Waals surface area (Å²) in [6.45, 7) is -0.556. The van der Waals surface area contributed by atoms with Gasteiger partial charge in [0.15, 0.2) is 0 Å². The van der Waals surface area contributed by atoms with Gasteiger partial charge in [-0.1, -0.05) is 73.0 Å². The van der Waals surface area contributed by atoms with Crippen LogP contribution in [0.2, 0.25) is 5.02 Å². The maximum absolute atomic E-state index is 14.3. The van der Waals surface area contributed by atoms with Crippen molar-refractivity contribution in [1.29, 1.82) is 0 Å². The molecule has 0 spiro atoms. The first-order chi connectivity index (χ1) is 20.6. The SMILES string of the molecule is COc1ccc(N(CC(=O)N(Cc2ccccc2Cl)[C@@H](Cc2ccccc2)C(=O)NC2CCCC2)S(C)(=O)=O)c(OC)c1. The molecule has 0 unspecified atom stereocenters. The number of anilines is 1. The second kappa shape index (κ2) is 14.6. The lowest BCUT2D eigenvalue weighted by molar-refractivity contribution is -0.140. The molecule has 1 fully saturated rings. The largest absolute Gasteiger partial charge is 0.497 e. The Morgan fingerprint density at radius 3 is 2.28 bits per heavy atom. The van der Waals surface area contributed by atoms with Crippen LogP contribution in [-0.4, -0.2) is 64.2 Å².